The molecule has 1 fully saturated rings. The molecule has 4 nitrogen and oxygen atoms in total. The number of ketones is 1. The molecule has 7 heteroatoms. The number of rotatable bonds is 4. The van der Waals surface area contributed by atoms with Gasteiger partial charge in [-0.15, -0.1) is 8.78 Å². The number of carbonyl (C=O) groups excluding carboxylic acids is 1. The van der Waals surface area contributed by atoms with Crippen molar-refractivity contribution in [3.05, 3.63) is 59.0 Å². The third-order valence-corrected chi connectivity index (χ3v) is 7.31. The van der Waals surface area contributed by atoms with Crippen LogP contribution in [0.5, 0.6) is 11.5 Å². The predicted molar refractivity (Wildman–Crippen MR) is 112 cm³/mol. The van der Waals surface area contributed by atoms with Crippen molar-refractivity contribution in [1.29, 1.82) is 0 Å². The van der Waals surface area contributed by atoms with E-state index in [2.05, 4.69) is 34.0 Å². The van der Waals surface area contributed by atoms with Gasteiger partial charge in [-0.2, -0.15) is 0 Å². The molecule has 0 radical (unpaired) electrons. The second-order valence-electron chi connectivity index (χ2n) is 9.83. The van der Waals surface area contributed by atoms with Crippen molar-refractivity contribution >= 4 is 16.7 Å². The zero-order chi connectivity index (χ0) is 22.5. The minimum atomic E-state index is -3.70. The maximum absolute atomic E-state index is 15.0. The average molecular weight is 441 g/mol. The number of Topliss-reactive ketones (excluding diaryl/α,β-unsaturated/α-hetero) is 1. The molecule has 0 unspecified atom stereocenters. The van der Waals surface area contributed by atoms with Gasteiger partial charge in [0, 0.05) is 29.5 Å². The Balaban J connectivity index is 1.30. The molecule has 0 bridgehead atoms. The van der Waals surface area contributed by atoms with Crippen LogP contribution in [-0.2, 0) is 28.6 Å². The monoisotopic (exact) mass is 441 g/mol. The third-order valence-electron chi connectivity index (χ3n) is 7.31. The fourth-order valence-corrected chi connectivity index (χ4v) is 5.23. The molecule has 1 aromatic heterocycles. The number of carbonyl (C=O) groups is 1. The van der Waals surface area contributed by atoms with Crippen molar-refractivity contribution in [2.24, 2.45) is 0 Å². The van der Waals surface area contributed by atoms with Gasteiger partial charge in [0.1, 0.15) is 11.6 Å². The second kappa shape index (κ2) is 6.09. The van der Waals surface area contributed by atoms with Crippen LogP contribution >= 0.6 is 0 Å². The first kappa shape index (κ1) is 19.7. The van der Waals surface area contributed by atoms with E-state index in [0.717, 1.165) is 23.9 Å². The average Bonchev–Trinajstić information content (AvgIpc) is 3.26. The lowest BCUT2D eigenvalue weighted by molar-refractivity contribution is -0.286. The minimum Gasteiger partial charge on any atom is -0.395 e. The van der Waals surface area contributed by atoms with E-state index < -0.39 is 17.5 Å². The van der Waals surface area contributed by atoms with Gasteiger partial charge in [-0.3, -0.25) is 4.79 Å². The normalized spacial score (nSPS) is 21.0. The van der Waals surface area contributed by atoms with Gasteiger partial charge in [0.2, 0.25) is 0 Å². The molecule has 0 N–H and O–H groups in total. The van der Waals surface area contributed by atoms with Gasteiger partial charge >= 0.3 is 6.29 Å². The zero-order valence-electron chi connectivity index (χ0n) is 17.8. The topological polar surface area (TPSA) is 40.5 Å². The fraction of sp³-hybridized carbons (Fsp3) is 0.400. The Hall–Kier alpha value is -2.96. The van der Waals surface area contributed by atoms with Crippen molar-refractivity contribution in [3.63, 3.8) is 0 Å². The summed E-state index contributed by atoms with van der Waals surface area (Å²) < 4.78 is 52.9. The smallest absolute Gasteiger partial charge is 0.395 e. The molecule has 0 amide bonds. The van der Waals surface area contributed by atoms with Crippen LogP contribution in [-0.4, -0.2) is 16.6 Å². The highest BCUT2D eigenvalue weighted by Gasteiger charge is 2.52. The molecular weight excluding hydrogens is 419 g/mol. The third kappa shape index (κ3) is 2.79. The largest absolute Gasteiger partial charge is 0.586 e. The molecule has 1 saturated carbocycles. The molecule has 0 spiro atoms. The molecule has 2 aliphatic heterocycles. The van der Waals surface area contributed by atoms with E-state index in [1.54, 1.807) is 12.1 Å². The Bertz CT molecular complexity index is 1300. The first-order valence-electron chi connectivity index (χ1n) is 10.8. The number of hydrogen-bond donors (Lipinski definition) is 0. The Morgan fingerprint density at radius 1 is 1.03 bits per heavy atom. The number of aromatic nitrogens is 1. The van der Waals surface area contributed by atoms with Crippen LogP contribution in [0.15, 0.2) is 36.4 Å². The van der Waals surface area contributed by atoms with E-state index in [9.17, 15) is 13.6 Å². The molecule has 6 rings (SSSR count). The number of ether oxygens (including phenoxy) is 2. The predicted octanol–water partition coefficient (Wildman–Crippen LogP) is 5.63. The minimum absolute atomic E-state index is 0.0414. The van der Waals surface area contributed by atoms with Gasteiger partial charge in [0.05, 0.1) is 10.9 Å². The molecule has 32 heavy (non-hydrogen) atoms. The van der Waals surface area contributed by atoms with Crippen molar-refractivity contribution in [2.45, 2.75) is 63.2 Å². The van der Waals surface area contributed by atoms with Crippen LogP contribution in [0.3, 0.4) is 0 Å². The summed E-state index contributed by atoms with van der Waals surface area (Å²) >= 11 is 0. The Labute approximate surface area is 182 Å². The van der Waals surface area contributed by atoms with E-state index in [-0.39, 0.29) is 29.1 Å². The van der Waals surface area contributed by atoms with Crippen molar-refractivity contribution < 1.29 is 27.4 Å². The number of alkyl halides is 2. The summed E-state index contributed by atoms with van der Waals surface area (Å²) in [5.41, 5.74) is 2.27. The van der Waals surface area contributed by atoms with E-state index in [0.29, 0.717) is 24.0 Å². The fourth-order valence-electron chi connectivity index (χ4n) is 5.23. The number of aryl methyl sites for hydroxylation is 1. The van der Waals surface area contributed by atoms with Gasteiger partial charge in [-0.1, -0.05) is 19.9 Å². The molecule has 3 aliphatic rings. The molecule has 2 aromatic carbocycles. The summed E-state index contributed by atoms with van der Waals surface area (Å²) in [4.78, 5) is 13.3. The lowest BCUT2D eigenvalue weighted by Gasteiger charge is -2.16. The van der Waals surface area contributed by atoms with Crippen LogP contribution in [0.1, 0.15) is 49.9 Å². The number of fused-ring (bicyclic) bond motifs is 4. The summed E-state index contributed by atoms with van der Waals surface area (Å²) in [6.07, 6.45) is -1.53. The molecule has 1 aliphatic carbocycles. The summed E-state index contributed by atoms with van der Waals surface area (Å²) in [6, 6.07) is 9.87. The maximum Gasteiger partial charge on any atom is 0.586 e. The molecule has 0 saturated heterocycles. The van der Waals surface area contributed by atoms with E-state index in [1.807, 2.05) is 0 Å². The van der Waals surface area contributed by atoms with E-state index >= 15 is 4.39 Å². The number of benzene rings is 2. The molecule has 166 valence electrons. The van der Waals surface area contributed by atoms with E-state index in [4.69, 9.17) is 0 Å². The van der Waals surface area contributed by atoms with Crippen molar-refractivity contribution in [1.82, 2.24) is 4.57 Å². The van der Waals surface area contributed by atoms with Crippen LogP contribution in [0.25, 0.3) is 10.9 Å². The van der Waals surface area contributed by atoms with Crippen LogP contribution in [0.4, 0.5) is 13.2 Å². The Morgan fingerprint density at radius 3 is 2.53 bits per heavy atom. The summed E-state index contributed by atoms with van der Waals surface area (Å²) in [5, 5.41) is 0.937. The first-order chi connectivity index (χ1) is 15.1. The van der Waals surface area contributed by atoms with Gasteiger partial charge in [0.25, 0.3) is 0 Å². The highest BCUT2D eigenvalue weighted by molar-refractivity contribution is 5.95. The maximum atomic E-state index is 15.0. The molecule has 3 aromatic rings. The summed E-state index contributed by atoms with van der Waals surface area (Å²) in [5.74, 6) is -0.640. The second-order valence-corrected chi connectivity index (χ2v) is 9.83. The molecule has 0 atom stereocenters. The van der Waals surface area contributed by atoms with Crippen LogP contribution in [0.2, 0.25) is 0 Å². The lowest BCUT2D eigenvalue weighted by atomic mass is 9.87. The molecular formula is C25H22F3NO3. The number of hydrogen-bond acceptors (Lipinski definition) is 3. The first-order valence-corrected chi connectivity index (χ1v) is 10.8. The quantitative estimate of drug-likeness (QED) is 0.527. The summed E-state index contributed by atoms with van der Waals surface area (Å²) in [7, 11) is 0. The number of nitrogens with zero attached hydrogens (tertiary/aromatic N) is 1. The highest BCUT2D eigenvalue weighted by atomic mass is 19.3. The lowest BCUT2D eigenvalue weighted by Crippen LogP contribution is -2.26. The Kier molecular flexibility index (Phi) is 3.75. The SMILES string of the molecule is CC1(C)CCn2c1cc1cc(CC(=O)C3(c4ccc5c(c4)OC(F)(F)O5)CC3)c(F)cc12. The van der Waals surface area contributed by atoms with Gasteiger partial charge in [0.15, 0.2) is 11.5 Å². The van der Waals surface area contributed by atoms with Crippen molar-refractivity contribution in [3.8, 4) is 11.5 Å². The van der Waals surface area contributed by atoms with E-state index in [1.165, 1.54) is 23.9 Å². The summed E-state index contributed by atoms with van der Waals surface area (Å²) in [6.45, 7) is 5.23. The van der Waals surface area contributed by atoms with Crippen LogP contribution in [0, 0.1) is 5.82 Å². The van der Waals surface area contributed by atoms with Gasteiger partial charge < -0.3 is 14.0 Å². The van der Waals surface area contributed by atoms with Crippen LogP contribution < -0.4 is 9.47 Å². The number of halogens is 3. The highest BCUT2D eigenvalue weighted by Crippen LogP contribution is 2.53. The molecule has 3 heterocycles. The van der Waals surface area contributed by atoms with Gasteiger partial charge in [-0.25, -0.2) is 4.39 Å². The standard InChI is InChI=1S/C25H22F3NO3/c1-23(2)7-8-29-18-13-17(26)14(9-15(18)10-21(23)29)11-22(30)24(5-6-24)16-3-4-19-20(12-16)32-25(27,28)31-19/h3-4,9-10,12-13H,5-8,11H2,1-2H3. The zero-order valence-corrected chi connectivity index (χ0v) is 17.8. The Morgan fingerprint density at radius 2 is 1.78 bits per heavy atom. The van der Waals surface area contributed by atoms with Gasteiger partial charge in [-0.05, 0) is 60.7 Å². The van der Waals surface area contributed by atoms with Crippen molar-refractivity contribution in [2.75, 3.05) is 0 Å².